The number of hydrogen-bond acceptors (Lipinski definition) is 8. The van der Waals surface area contributed by atoms with Gasteiger partial charge in [-0.3, -0.25) is 0 Å². The van der Waals surface area contributed by atoms with Crippen LogP contribution in [0.2, 0.25) is 0 Å². The lowest BCUT2D eigenvalue weighted by molar-refractivity contribution is 0.122. The van der Waals surface area contributed by atoms with Crippen molar-refractivity contribution in [1.82, 2.24) is 14.3 Å². The van der Waals surface area contributed by atoms with Gasteiger partial charge in [0.1, 0.15) is 11.9 Å². The van der Waals surface area contributed by atoms with Crippen LogP contribution in [0.4, 0.5) is 11.8 Å². The van der Waals surface area contributed by atoms with Crippen molar-refractivity contribution in [2.75, 3.05) is 62.3 Å². The summed E-state index contributed by atoms with van der Waals surface area (Å²) in [6.45, 7) is 4.54. The van der Waals surface area contributed by atoms with Gasteiger partial charge < -0.3 is 14.5 Å². The Balaban J connectivity index is 1.46. The van der Waals surface area contributed by atoms with Crippen molar-refractivity contribution in [3.63, 3.8) is 0 Å². The van der Waals surface area contributed by atoms with Crippen molar-refractivity contribution in [3.05, 3.63) is 42.1 Å². The van der Waals surface area contributed by atoms with Crippen molar-refractivity contribution >= 4 is 21.8 Å². The predicted octanol–water partition coefficient (Wildman–Crippen LogP) is 0.696. The number of ether oxygens (including phenoxy) is 1. The van der Waals surface area contributed by atoms with E-state index in [0.29, 0.717) is 45.3 Å². The Labute approximate surface area is 170 Å². The predicted molar refractivity (Wildman–Crippen MR) is 107 cm³/mol. The Morgan fingerprint density at radius 1 is 0.966 bits per heavy atom. The van der Waals surface area contributed by atoms with Crippen molar-refractivity contribution < 1.29 is 13.2 Å². The smallest absolute Gasteiger partial charge is 0.244 e. The van der Waals surface area contributed by atoms with Crippen LogP contribution in [-0.4, -0.2) is 75.2 Å². The molecule has 0 amide bonds. The molecule has 0 spiro atoms. The number of benzene rings is 1. The number of rotatable bonds is 4. The monoisotopic (exact) mass is 414 g/mol. The number of nitrogens with zero attached hydrogens (tertiary/aromatic N) is 6. The summed E-state index contributed by atoms with van der Waals surface area (Å²) in [7, 11) is -3.71. The standard InChI is InChI=1S/C19H22N6O3S/c20-15-16-3-1-2-4-17(16)29(26,27)25-9-7-23(8-10-25)18-5-6-21-19(22-18)24-11-13-28-14-12-24/h1-6H,7-14H2. The summed E-state index contributed by atoms with van der Waals surface area (Å²) >= 11 is 0. The van der Waals surface area contributed by atoms with Gasteiger partial charge in [-0.15, -0.1) is 0 Å². The Hall–Kier alpha value is -2.74. The molecule has 0 atom stereocenters. The van der Waals surface area contributed by atoms with E-state index in [0.717, 1.165) is 18.9 Å². The van der Waals surface area contributed by atoms with Gasteiger partial charge in [0, 0.05) is 45.5 Å². The zero-order valence-electron chi connectivity index (χ0n) is 15.9. The van der Waals surface area contributed by atoms with E-state index in [-0.39, 0.29) is 10.5 Å². The fourth-order valence-electron chi connectivity index (χ4n) is 3.51. The van der Waals surface area contributed by atoms with Gasteiger partial charge >= 0.3 is 0 Å². The first kappa shape index (κ1) is 19.6. The minimum absolute atomic E-state index is 0.0626. The molecule has 3 heterocycles. The van der Waals surface area contributed by atoms with E-state index in [9.17, 15) is 13.7 Å². The number of hydrogen-bond donors (Lipinski definition) is 0. The molecular formula is C19H22N6O3S. The summed E-state index contributed by atoms with van der Waals surface area (Å²) in [6.07, 6.45) is 1.74. The molecule has 9 nitrogen and oxygen atoms in total. The Morgan fingerprint density at radius 2 is 1.69 bits per heavy atom. The second-order valence-corrected chi connectivity index (χ2v) is 8.72. The molecule has 0 aliphatic carbocycles. The molecule has 0 radical (unpaired) electrons. The average molecular weight is 414 g/mol. The molecule has 0 bridgehead atoms. The number of anilines is 2. The Kier molecular flexibility index (Phi) is 5.62. The van der Waals surface area contributed by atoms with Gasteiger partial charge in [0.05, 0.1) is 23.7 Å². The van der Waals surface area contributed by atoms with Gasteiger partial charge in [0.15, 0.2) is 0 Å². The second kappa shape index (κ2) is 8.32. The van der Waals surface area contributed by atoms with E-state index in [2.05, 4.69) is 19.8 Å². The third-order valence-corrected chi connectivity index (χ3v) is 7.07. The number of aromatic nitrogens is 2. The van der Waals surface area contributed by atoms with Crippen LogP contribution in [0.3, 0.4) is 0 Å². The maximum Gasteiger partial charge on any atom is 0.244 e. The zero-order chi connectivity index (χ0) is 20.3. The van der Waals surface area contributed by atoms with E-state index < -0.39 is 10.0 Å². The fourth-order valence-corrected chi connectivity index (χ4v) is 5.08. The summed E-state index contributed by atoms with van der Waals surface area (Å²) in [5, 5.41) is 9.24. The normalized spacial score (nSPS) is 18.4. The van der Waals surface area contributed by atoms with Gasteiger partial charge in [0.25, 0.3) is 0 Å². The molecular weight excluding hydrogens is 392 g/mol. The first-order valence-electron chi connectivity index (χ1n) is 9.49. The highest BCUT2D eigenvalue weighted by Gasteiger charge is 2.30. The lowest BCUT2D eigenvalue weighted by Crippen LogP contribution is -2.49. The summed E-state index contributed by atoms with van der Waals surface area (Å²) in [5.74, 6) is 1.46. The summed E-state index contributed by atoms with van der Waals surface area (Å²) in [5.41, 5.74) is 0.167. The maximum absolute atomic E-state index is 13.0. The molecule has 29 heavy (non-hydrogen) atoms. The van der Waals surface area contributed by atoms with Crippen LogP contribution in [0.5, 0.6) is 0 Å². The number of nitriles is 1. The van der Waals surface area contributed by atoms with E-state index in [1.54, 1.807) is 18.3 Å². The van der Waals surface area contributed by atoms with Crippen LogP contribution >= 0.6 is 0 Å². The first-order valence-corrected chi connectivity index (χ1v) is 10.9. The quantitative estimate of drug-likeness (QED) is 0.720. The molecule has 0 saturated carbocycles. The van der Waals surface area contributed by atoms with Gasteiger partial charge in [-0.25, -0.2) is 13.4 Å². The average Bonchev–Trinajstić information content (AvgIpc) is 2.80. The molecule has 2 aliphatic rings. The largest absolute Gasteiger partial charge is 0.378 e. The van der Waals surface area contributed by atoms with Gasteiger partial charge in [-0.05, 0) is 18.2 Å². The molecule has 10 heteroatoms. The number of piperazine rings is 1. The Bertz CT molecular complexity index is 1010. The Morgan fingerprint density at radius 3 is 2.41 bits per heavy atom. The minimum Gasteiger partial charge on any atom is -0.378 e. The van der Waals surface area contributed by atoms with Gasteiger partial charge in [0.2, 0.25) is 16.0 Å². The van der Waals surface area contributed by atoms with Crippen molar-refractivity contribution in [2.45, 2.75) is 4.90 Å². The number of sulfonamides is 1. The maximum atomic E-state index is 13.0. The molecule has 152 valence electrons. The van der Waals surface area contributed by atoms with Crippen LogP contribution in [-0.2, 0) is 14.8 Å². The minimum atomic E-state index is -3.71. The number of morpholine rings is 1. The lowest BCUT2D eigenvalue weighted by atomic mass is 10.2. The molecule has 1 aromatic heterocycles. The van der Waals surface area contributed by atoms with Crippen molar-refractivity contribution in [1.29, 1.82) is 5.26 Å². The molecule has 4 rings (SSSR count). The third-order valence-electron chi connectivity index (χ3n) is 5.11. The van der Waals surface area contributed by atoms with Crippen molar-refractivity contribution in [2.24, 2.45) is 0 Å². The van der Waals surface area contributed by atoms with Gasteiger partial charge in [-0.1, -0.05) is 12.1 Å². The summed E-state index contributed by atoms with van der Waals surface area (Å²) in [4.78, 5) is 13.2. The van der Waals surface area contributed by atoms with E-state index >= 15 is 0 Å². The van der Waals surface area contributed by atoms with E-state index in [1.807, 2.05) is 12.1 Å². The van der Waals surface area contributed by atoms with Crippen LogP contribution in [0.15, 0.2) is 41.4 Å². The molecule has 0 unspecified atom stereocenters. The molecule has 2 aromatic rings. The summed E-state index contributed by atoms with van der Waals surface area (Å²) in [6, 6.07) is 10.1. The van der Waals surface area contributed by atoms with Crippen LogP contribution in [0.25, 0.3) is 0 Å². The van der Waals surface area contributed by atoms with Crippen LogP contribution < -0.4 is 9.80 Å². The molecule has 2 fully saturated rings. The highest BCUT2D eigenvalue weighted by Crippen LogP contribution is 2.23. The highest BCUT2D eigenvalue weighted by molar-refractivity contribution is 7.89. The molecule has 1 aromatic carbocycles. The zero-order valence-corrected chi connectivity index (χ0v) is 16.8. The van der Waals surface area contributed by atoms with Gasteiger partial charge in [-0.2, -0.15) is 14.6 Å². The fraction of sp³-hybridized carbons (Fsp3) is 0.421. The van der Waals surface area contributed by atoms with Crippen LogP contribution in [0, 0.1) is 11.3 Å². The van der Waals surface area contributed by atoms with Crippen molar-refractivity contribution in [3.8, 4) is 6.07 Å². The molecule has 0 N–H and O–H groups in total. The van der Waals surface area contributed by atoms with Crippen LogP contribution in [0.1, 0.15) is 5.56 Å². The molecule has 2 aliphatic heterocycles. The second-order valence-electron chi connectivity index (χ2n) is 6.81. The first-order chi connectivity index (χ1) is 14.1. The van der Waals surface area contributed by atoms with E-state index in [1.165, 1.54) is 16.4 Å². The molecule has 2 saturated heterocycles. The summed E-state index contributed by atoms with van der Waals surface area (Å²) < 4.78 is 32.8. The third kappa shape index (κ3) is 4.03. The topological polar surface area (TPSA) is 103 Å². The SMILES string of the molecule is N#Cc1ccccc1S(=O)(=O)N1CCN(c2ccnc(N3CCOCC3)n2)CC1. The lowest BCUT2D eigenvalue weighted by Gasteiger charge is -2.35. The van der Waals surface area contributed by atoms with E-state index in [4.69, 9.17) is 4.74 Å². The highest BCUT2D eigenvalue weighted by atomic mass is 32.2.